The summed E-state index contributed by atoms with van der Waals surface area (Å²) < 4.78 is 5.84. The molecule has 1 atom stereocenters. The fourth-order valence-corrected chi connectivity index (χ4v) is 2.90. The zero-order chi connectivity index (χ0) is 15.0. The number of hydrogen-bond donors (Lipinski definition) is 2. The molecular formula is C17H16O4. The average Bonchev–Trinajstić information content (AvgIpc) is 2.47. The van der Waals surface area contributed by atoms with Crippen molar-refractivity contribution in [3.8, 4) is 11.5 Å². The van der Waals surface area contributed by atoms with Crippen LogP contribution in [0.3, 0.4) is 0 Å². The summed E-state index contributed by atoms with van der Waals surface area (Å²) in [7, 11) is 0. The topological polar surface area (TPSA) is 66.8 Å². The molecule has 108 valence electrons. The van der Waals surface area contributed by atoms with Crippen molar-refractivity contribution in [2.45, 2.75) is 25.9 Å². The van der Waals surface area contributed by atoms with Gasteiger partial charge in [-0.2, -0.15) is 0 Å². The zero-order valence-corrected chi connectivity index (χ0v) is 11.7. The number of benzene rings is 2. The number of carboxylic acid groups (broad SMARTS) is 1. The van der Waals surface area contributed by atoms with Crippen LogP contribution in [0.4, 0.5) is 0 Å². The monoisotopic (exact) mass is 284 g/mol. The molecule has 1 unspecified atom stereocenters. The first-order valence-corrected chi connectivity index (χ1v) is 6.93. The largest absolute Gasteiger partial charge is 0.481 e. The van der Waals surface area contributed by atoms with Gasteiger partial charge in [0.25, 0.3) is 0 Å². The molecule has 0 bridgehead atoms. The van der Waals surface area contributed by atoms with E-state index in [1.54, 1.807) is 12.1 Å². The molecule has 1 heterocycles. The molecule has 1 aliphatic rings. The lowest BCUT2D eigenvalue weighted by molar-refractivity contribution is -0.136. The molecular weight excluding hydrogens is 268 g/mol. The average molecular weight is 284 g/mol. The molecule has 2 N–H and O–H groups in total. The molecule has 2 aromatic rings. The van der Waals surface area contributed by atoms with E-state index in [1.165, 1.54) is 0 Å². The first-order chi connectivity index (χ1) is 10.1. The molecule has 0 spiro atoms. The third-order valence-electron chi connectivity index (χ3n) is 3.82. The molecule has 0 amide bonds. The van der Waals surface area contributed by atoms with Crippen LogP contribution in [0, 0.1) is 0 Å². The van der Waals surface area contributed by atoms with Crippen LogP contribution < -0.4 is 4.74 Å². The van der Waals surface area contributed by atoms with Crippen molar-refractivity contribution in [1.29, 1.82) is 0 Å². The van der Waals surface area contributed by atoms with Gasteiger partial charge in [-0.1, -0.05) is 31.2 Å². The van der Waals surface area contributed by atoms with Crippen LogP contribution in [0.1, 0.15) is 35.3 Å². The molecule has 0 saturated carbocycles. The van der Waals surface area contributed by atoms with Gasteiger partial charge in [-0.25, -0.2) is 0 Å². The van der Waals surface area contributed by atoms with E-state index in [0.717, 1.165) is 11.1 Å². The number of ether oxygens (including phenoxy) is 1. The van der Waals surface area contributed by atoms with E-state index in [9.17, 15) is 9.90 Å². The van der Waals surface area contributed by atoms with Gasteiger partial charge in [0.15, 0.2) is 0 Å². The number of fused-ring (bicyclic) bond motifs is 2. The van der Waals surface area contributed by atoms with Gasteiger partial charge < -0.3 is 14.9 Å². The second-order valence-electron chi connectivity index (χ2n) is 5.08. The van der Waals surface area contributed by atoms with Crippen molar-refractivity contribution in [1.82, 2.24) is 0 Å². The van der Waals surface area contributed by atoms with Crippen molar-refractivity contribution in [2.24, 2.45) is 0 Å². The first-order valence-electron chi connectivity index (χ1n) is 6.93. The number of rotatable bonds is 3. The van der Waals surface area contributed by atoms with E-state index in [2.05, 4.69) is 0 Å². The predicted molar refractivity (Wildman–Crippen MR) is 77.7 cm³/mol. The molecule has 0 radical (unpaired) electrons. The molecule has 0 fully saturated rings. The smallest absolute Gasteiger partial charge is 0.307 e. The van der Waals surface area contributed by atoms with Crippen molar-refractivity contribution in [2.75, 3.05) is 0 Å². The number of para-hydroxylation sites is 1. The van der Waals surface area contributed by atoms with Crippen molar-refractivity contribution >= 4 is 5.97 Å². The van der Waals surface area contributed by atoms with Crippen molar-refractivity contribution in [3.05, 3.63) is 58.7 Å². The Kier molecular flexibility index (Phi) is 3.39. The summed E-state index contributed by atoms with van der Waals surface area (Å²) in [5.74, 6) is 0.369. The van der Waals surface area contributed by atoms with Gasteiger partial charge in [-0.05, 0) is 29.7 Å². The maximum absolute atomic E-state index is 11.0. The highest BCUT2D eigenvalue weighted by Gasteiger charge is 2.28. The normalized spacial score (nSPS) is 15.8. The van der Waals surface area contributed by atoms with Gasteiger partial charge in [0.05, 0.1) is 6.42 Å². The summed E-state index contributed by atoms with van der Waals surface area (Å²) in [6, 6.07) is 10.9. The Balaban J connectivity index is 2.15. The van der Waals surface area contributed by atoms with Crippen molar-refractivity contribution < 1.29 is 19.7 Å². The maximum atomic E-state index is 11.0. The van der Waals surface area contributed by atoms with E-state index in [-0.39, 0.29) is 6.42 Å². The van der Waals surface area contributed by atoms with E-state index in [0.29, 0.717) is 29.0 Å². The maximum Gasteiger partial charge on any atom is 0.307 e. The van der Waals surface area contributed by atoms with Crippen LogP contribution in [0.25, 0.3) is 0 Å². The second-order valence-corrected chi connectivity index (χ2v) is 5.08. The Labute approximate surface area is 122 Å². The van der Waals surface area contributed by atoms with Crippen LogP contribution >= 0.6 is 0 Å². The summed E-state index contributed by atoms with van der Waals surface area (Å²) in [5, 5.41) is 19.7. The zero-order valence-electron chi connectivity index (χ0n) is 11.7. The summed E-state index contributed by atoms with van der Waals surface area (Å²) >= 11 is 0. The lowest BCUT2D eigenvalue weighted by Crippen LogP contribution is -2.14. The molecule has 3 rings (SSSR count). The predicted octanol–water partition coefficient (Wildman–Crippen LogP) is 3.06. The van der Waals surface area contributed by atoms with E-state index in [1.807, 2.05) is 31.2 Å². The van der Waals surface area contributed by atoms with Crippen LogP contribution in [-0.4, -0.2) is 16.2 Å². The number of aliphatic hydroxyl groups excluding tert-OH is 1. The van der Waals surface area contributed by atoms with E-state index < -0.39 is 12.1 Å². The van der Waals surface area contributed by atoms with Crippen LogP contribution in [0.5, 0.6) is 11.5 Å². The SMILES string of the molecule is CCc1c(CC(=O)O)ccc2c1C(O)c1ccccc1O2. The summed E-state index contributed by atoms with van der Waals surface area (Å²) in [5.41, 5.74) is 2.99. The Hall–Kier alpha value is -2.33. The van der Waals surface area contributed by atoms with Crippen molar-refractivity contribution in [3.63, 3.8) is 0 Å². The highest BCUT2D eigenvalue weighted by atomic mass is 16.5. The molecule has 0 aromatic heterocycles. The number of aliphatic carboxylic acids is 1. The van der Waals surface area contributed by atoms with Gasteiger partial charge in [0, 0.05) is 11.1 Å². The molecule has 2 aromatic carbocycles. The summed E-state index contributed by atoms with van der Waals surface area (Å²) in [4.78, 5) is 11.0. The molecule has 0 aliphatic carbocycles. The highest BCUT2D eigenvalue weighted by Crippen LogP contribution is 2.45. The second kappa shape index (κ2) is 5.22. The highest BCUT2D eigenvalue weighted by molar-refractivity contribution is 5.72. The van der Waals surface area contributed by atoms with Crippen LogP contribution in [0.15, 0.2) is 36.4 Å². The number of hydrogen-bond acceptors (Lipinski definition) is 3. The first kappa shape index (κ1) is 13.6. The Bertz CT molecular complexity index is 706. The van der Waals surface area contributed by atoms with Gasteiger partial charge in [0.1, 0.15) is 17.6 Å². The summed E-state index contributed by atoms with van der Waals surface area (Å²) in [6.45, 7) is 1.95. The van der Waals surface area contributed by atoms with Gasteiger partial charge in [-0.3, -0.25) is 4.79 Å². The minimum atomic E-state index is -0.878. The molecule has 0 saturated heterocycles. The quantitative estimate of drug-likeness (QED) is 0.909. The number of carboxylic acids is 1. The minimum Gasteiger partial charge on any atom is -0.481 e. The molecule has 4 nitrogen and oxygen atoms in total. The number of carbonyl (C=O) groups is 1. The third-order valence-corrected chi connectivity index (χ3v) is 3.82. The Morgan fingerprint density at radius 3 is 2.67 bits per heavy atom. The minimum absolute atomic E-state index is 0.0508. The summed E-state index contributed by atoms with van der Waals surface area (Å²) in [6.07, 6.45) is -0.187. The molecule has 21 heavy (non-hydrogen) atoms. The van der Waals surface area contributed by atoms with Crippen LogP contribution in [0.2, 0.25) is 0 Å². The standard InChI is InChI=1S/C17H16O4/c1-2-11-10(9-15(18)19)7-8-14-16(11)17(20)12-5-3-4-6-13(12)21-14/h3-8,17,20H,2,9H2,1H3,(H,18,19). The van der Waals surface area contributed by atoms with E-state index in [4.69, 9.17) is 9.84 Å². The lowest BCUT2D eigenvalue weighted by atomic mass is 9.88. The fraction of sp³-hybridized carbons (Fsp3) is 0.235. The van der Waals surface area contributed by atoms with Gasteiger partial charge in [0.2, 0.25) is 0 Å². The lowest BCUT2D eigenvalue weighted by Gasteiger charge is -2.28. The third kappa shape index (κ3) is 2.28. The number of aliphatic hydroxyl groups is 1. The van der Waals surface area contributed by atoms with E-state index >= 15 is 0 Å². The molecule has 4 heteroatoms. The van der Waals surface area contributed by atoms with Crippen LogP contribution in [-0.2, 0) is 17.6 Å². The Morgan fingerprint density at radius 1 is 1.19 bits per heavy atom. The fourth-order valence-electron chi connectivity index (χ4n) is 2.90. The Morgan fingerprint density at radius 2 is 1.95 bits per heavy atom. The van der Waals surface area contributed by atoms with Gasteiger partial charge >= 0.3 is 5.97 Å². The molecule has 1 aliphatic heterocycles. The van der Waals surface area contributed by atoms with Gasteiger partial charge in [-0.15, -0.1) is 0 Å².